The molecule has 0 aliphatic carbocycles. The normalized spacial score (nSPS) is 11.5. The van der Waals surface area contributed by atoms with Crippen molar-refractivity contribution in [1.82, 2.24) is 9.55 Å². The molecule has 1 aromatic heterocycles. The number of rotatable bonds is 5. The molecule has 0 fully saturated rings. The number of fused-ring (bicyclic) bond motifs is 5. The molecule has 0 spiro atoms. The smallest absolute Gasteiger partial charge is 0.146 e. The summed E-state index contributed by atoms with van der Waals surface area (Å²) in [7, 11) is 0. The second-order valence-electron chi connectivity index (χ2n) is 14.2. The zero-order chi connectivity index (χ0) is 36.3. The standard InChI is InChI=1S/C53H32N2/c1-2-16-44(17-3-1)55-50-21-11-10-20-49(50)54-53(55)38-26-22-37(23-27-38)41-30-31-47-48(34-41)52(43-29-25-36-13-5-7-15-40(36)33-43)46-19-9-8-18-45(46)51(47)42-28-24-35-12-4-6-14-39(35)32-42/h1-2,4-16,18-34H. The molecular formula is C53H32N2. The Morgan fingerprint density at radius 1 is 0.382 bits per heavy atom. The summed E-state index contributed by atoms with van der Waals surface area (Å²) in [5, 5.41) is 9.93. The number of benzene rings is 9. The van der Waals surface area contributed by atoms with Gasteiger partial charge in [0.1, 0.15) is 5.82 Å². The summed E-state index contributed by atoms with van der Waals surface area (Å²) in [4.78, 5) is 5.08. The zero-order valence-corrected chi connectivity index (χ0v) is 29.9. The lowest BCUT2D eigenvalue weighted by Gasteiger charge is -2.19. The molecule has 2 heteroatoms. The Kier molecular flexibility index (Phi) is 7.12. The lowest BCUT2D eigenvalue weighted by molar-refractivity contribution is 1.10. The van der Waals surface area contributed by atoms with Crippen molar-refractivity contribution in [2.24, 2.45) is 0 Å². The minimum absolute atomic E-state index is 0.882. The third-order valence-corrected chi connectivity index (χ3v) is 11.0. The van der Waals surface area contributed by atoms with E-state index in [1.807, 2.05) is 18.2 Å². The first-order chi connectivity index (χ1) is 27.3. The van der Waals surface area contributed by atoms with E-state index < -0.39 is 0 Å². The Morgan fingerprint density at radius 2 is 0.927 bits per heavy atom. The average molecular weight is 697 g/mol. The van der Waals surface area contributed by atoms with Crippen LogP contribution < -0.4 is 0 Å². The molecule has 0 N–H and O–H groups in total. The highest BCUT2D eigenvalue weighted by Crippen LogP contribution is 2.46. The number of nitrogens with zero attached hydrogens (tertiary/aromatic N) is 2. The molecule has 11 rings (SSSR count). The molecule has 0 bridgehead atoms. The maximum Gasteiger partial charge on any atom is 0.146 e. The number of hydrogen-bond donors (Lipinski definition) is 0. The van der Waals surface area contributed by atoms with Crippen LogP contribution in [0.3, 0.4) is 0 Å². The van der Waals surface area contributed by atoms with Crippen LogP contribution in [0.2, 0.25) is 0 Å². The second-order valence-corrected chi connectivity index (χ2v) is 14.2. The Balaban J connectivity index is 1.12. The molecular weight excluding hydrogens is 665 g/mol. The number of imidazole rings is 1. The van der Waals surface area contributed by atoms with Crippen LogP contribution in [-0.4, -0.2) is 9.55 Å². The van der Waals surface area contributed by atoms with Crippen LogP contribution in [0.15, 0.2) is 194 Å². The average Bonchev–Trinajstić information content (AvgIpc) is 3.65. The third-order valence-electron chi connectivity index (χ3n) is 11.0. The molecule has 1 heterocycles. The largest absolute Gasteiger partial charge is 0.285 e. The first-order valence-electron chi connectivity index (χ1n) is 18.7. The highest BCUT2D eigenvalue weighted by atomic mass is 15.1. The summed E-state index contributed by atoms with van der Waals surface area (Å²) in [6.45, 7) is 0. The molecule has 0 saturated heterocycles. The summed E-state index contributed by atoms with van der Waals surface area (Å²) in [5.41, 5.74) is 11.2. The lowest BCUT2D eigenvalue weighted by Crippen LogP contribution is -1.96. The van der Waals surface area contributed by atoms with Gasteiger partial charge in [0.2, 0.25) is 0 Å². The quantitative estimate of drug-likeness (QED) is 0.164. The summed E-state index contributed by atoms with van der Waals surface area (Å²) < 4.78 is 2.17. The van der Waals surface area contributed by atoms with Gasteiger partial charge in [-0.05, 0) is 125 Å². The van der Waals surface area contributed by atoms with Crippen LogP contribution in [0.1, 0.15) is 0 Å². The van der Waals surface area contributed by atoms with Gasteiger partial charge in [-0.3, -0.25) is 4.57 Å². The van der Waals surface area contributed by atoms with Crippen molar-refractivity contribution in [1.29, 1.82) is 0 Å². The van der Waals surface area contributed by atoms with Gasteiger partial charge >= 0.3 is 0 Å². The minimum atomic E-state index is 0.882. The maximum atomic E-state index is 5.08. The fourth-order valence-electron chi connectivity index (χ4n) is 8.42. The van der Waals surface area contributed by atoms with Crippen LogP contribution in [0.5, 0.6) is 0 Å². The molecule has 0 atom stereocenters. The van der Waals surface area contributed by atoms with E-state index in [1.165, 1.54) is 70.9 Å². The number of hydrogen-bond acceptors (Lipinski definition) is 1. The molecule has 10 aromatic carbocycles. The lowest BCUT2D eigenvalue weighted by atomic mass is 9.84. The van der Waals surface area contributed by atoms with E-state index >= 15 is 0 Å². The first-order valence-corrected chi connectivity index (χ1v) is 18.7. The summed E-state index contributed by atoms with van der Waals surface area (Å²) >= 11 is 0. The molecule has 11 aromatic rings. The molecule has 254 valence electrons. The molecule has 0 radical (unpaired) electrons. The molecule has 0 aliphatic rings. The second kappa shape index (κ2) is 12.6. The van der Waals surface area contributed by atoms with Gasteiger partial charge in [-0.1, -0.05) is 158 Å². The van der Waals surface area contributed by atoms with E-state index in [0.717, 1.165) is 33.7 Å². The molecule has 0 amide bonds. The van der Waals surface area contributed by atoms with Crippen LogP contribution in [-0.2, 0) is 0 Å². The molecule has 55 heavy (non-hydrogen) atoms. The van der Waals surface area contributed by atoms with E-state index in [1.54, 1.807) is 0 Å². The van der Waals surface area contributed by atoms with Gasteiger partial charge in [-0.25, -0.2) is 4.98 Å². The molecule has 0 aliphatic heterocycles. The van der Waals surface area contributed by atoms with Crippen molar-refractivity contribution in [3.63, 3.8) is 0 Å². The van der Waals surface area contributed by atoms with Crippen LogP contribution in [0.25, 0.3) is 105 Å². The minimum Gasteiger partial charge on any atom is -0.285 e. The van der Waals surface area contributed by atoms with Crippen molar-refractivity contribution < 1.29 is 0 Å². The fraction of sp³-hybridized carbons (Fsp3) is 0. The van der Waals surface area contributed by atoms with Gasteiger partial charge < -0.3 is 0 Å². The zero-order valence-electron chi connectivity index (χ0n) is 29.9. The number of aromatic nitrogens is 2. The maximum absolute atomic E-state index is 5.08. The van der Waals surface area contributed by atoms with Gasteiger partial charge in [-0.15, -0.1) is 0 Å². The van der Waals surface area contributed by atoms with E-state index in [-0.39, 0.29) is 0 Å². The van der Waals surface area contributed by atoms with E-state index in [2.05, 4.69) is 193 Å². The van der Waals surface area contributed by atoms with Crippen molar-refractivity contribution in [2.75, 3.05) is 0 Å². The highest BCUT2D eigenvalue weighted by molar-refractivity contribution is 6.22. The Morgan fingerprint density at radius 3 is 1.60 bits per heavy atom. The van der Waals surface area contributed by atoms with Crippen LogP contribution >= 0.6 is 0 Å². The van der Waals surface area contributed by atoms with Crippen molar-refractivity contribution in [3.05, 3.63) is 206 Å². The predicted molar refractivity (Wildman–Crippen MR) is 231 cm³/mol. The van der Waals surface area contributed by atoms with E-state index in [0.29, 0.717) is 0 Å². The SMILES string of the molecule is c1cccc(-n2c(-c3ccc(-c4ccc5c(-c6ccc7ccccc7c6)c6ccccc6c(-c6ccc7ccccc7c6)c5c4)cc3)nc3ccccc32)c#1. The Labute approximate surface area is 319 Å². The summed E-state index contributed by atoms with van der Waals surface area (Å²) in [6, 6.07) is 76.4. The topological polar surface area (TPSA) is 17.8 Å². The summed E-state index contributed by atoms with van der Waals surface area (Å²) in [6.07, 6.45) is 0. The van der Waals surface area contributed by atoms with Gasteiger partial charge in [0, 0.05) is 5.56 Å². The first kappa shape index (κ1) is 31.1. The molecule has 2 nitrogen and oxygen atoms in total. The van der Waals surface area contributed by atoms with Gasteiger partial charge in [0.05, 0.1) is 16.7 Å². The van der Waals surface area contributed by atoms with E-state index in [9.17, 15) is 0 Å². The molecule has 0 unspecified atom stereocenters. The summed E-state index contributed by atoms with van der Waals surface area (Å²) in [5.74, 6) is 0.882. The highest BCUT2D eigenvalue weighted by Gasteiger charge is 2.19. The Bertz CT molecular complexity index is 3240. The van der Waals surface area contributed by atoms with Gasteiger partial charge in [0.25, 0.3) is 0 Å². The van der Waals surface area contributed by atoms with Gasteiger partial charge in [-0.2, -0.15) is 0 Å². The monoisotopic (exact) mass is 696 g/mol. The van der Waals surface area contributed by atoms with Crippen LogP contribution in [0, 0.1) is 12.1 Å². The fourth-order valence-corrected chi connectivity index (χ4v) is 8.42. The van der Waals surface area contributed by atoms with Crippen LogP contribution in [0.4, 0.5) is 0 Å². The third kappa shape index (κ3) is 5.17. The molecule has 0 saturated carbocycles. The Hall–Kier alpha value is -7.47. The number of para-hydroxylation sites is 2. The van der Waals surface area contributed by atoms with Gasteiger partial charge in [0.15, 0.2) is 0 Å². The predicted octanol–water partition coefficient (Wildman–Crippen LogP) is 13.9. The van der Waals surface area contributed by atoms with Crippen molar-refractivity contribution in [2.45, 2.75) is 0 Å². The van der Waals surface area contributed by atoms with Crippen molar-refractivity contribution >= 4 is 54.1 Å². The van der Waals surface area contributed by atoms with Crippen molar-refractivity contribution in [3.8, 4) is 50.5 Å². The van der Waals surface area contributed by atoms with E-state index in [4.69, 9.17) is 4.98 Å².